The molecule has 0 heterocycles. The normalized spacial score (nSPS) is 13.2. The lowest BCUT2D eigenvalue weighted by atomic mass is 10.0. The average Bonchev–Trinajstić information content (AvgIpc) is 2.38. The van der Waals surface area contributed by atoms with Crippen molar-refractivity contribution in [3.05, 3.63) is 35.4 Å². The van der Waals surface area contributed by atoms with Crippen molar-refractivity contribution in [3.8, 4) is 0 Å². The van der Waals surface area contributed by atoms with Crippen LogP contribution in [0.3, 0.4) is 0 Å². The first-order valence-corrected chi connectivity index (χ1v) is 7.56. The summed E-state index contributed by atoms with van der Waals surface area (Å²) in [5.41, 5.74) is 2.38. The van der Waals surface area contributed by atoms with Crippen LogP contribution in [0.15, 0.2) is 24.3 Å². The van der Waals surface area contributed by atoms with Crippen molar-refractivity contribution >= 4 is 0 Å². The zero-order valence-corrected chi connectivity index (χ0v) is 12.9. The number of aliphatic hydroxyl groups excluding tert-OH is 1. The summed E-state index contributed by atoms with van der Waals surface area (Å²) in [4.78, 5) is 2.31. The van der Waals surface area contributed by atoms with E-state index in [1.54, 1.807) is 0 Å². The first kappa shape index (κ1) is 16.2. The highest BCUT2D eigenvalue weighted by Gasteiger charge is 2.13. The van der Waals surface area contributed by atoms with Crippen LogP contribution in [-0.2, 0) is 6.42 Å². The van der Waals surface area contributed by atoms with E-state index in [2.05, 4.69) is 56.9 Å². The number of likely N-dealkylation sites (N-methyl/N-ethyl adjacent to an activating group) is 1. The van der Waals surface area contributed by atoms with Gasteiger partial charge in [0.2, 0.25) is 0 Å². The molecule has 0 aliphatic rings. The quantitative estimate of drug-likeness (QED) is 0.774. The van der Waals surface area contributed by atoms with Gasteiger partial charge in [-0.2, -0.15) is 0 Å². The summed E-state index contributed by atoms with van der Waals surface area (Å²) < 4.78 is 0. The molecule has 0 aliphatic heterocycles. The van der Waals surface area contributed by atoms with Gasteiger partial charge >= 0.3 is 0 Å². The molecule has 0 aromatic heterocycles. The van der Waals surface area contributed by atoms with Crippen LogP contribution in [0.1, 0.15) is 51.3 Å². The Morgan fingerprint density at radius 2 is 1.68 bits per heavy atom. The topological polar surface area (TPSA) is 23.5 Å². The van der Waals surface area contributed by atoms with E-state index in [-0.39, 0.29) is 6.10 Å². The number of benzene rings is 1. The molecular formula is C17H29NO. The fraction of sp³-hybridized carbons (Fsp3) is 0.647. The minimum atomic E-state index is -0.380. The Kier molecular flexibility index (Phi) is 7.11. The molecule has 2 nitrogen and oxygen atoms in total. The van der Waals surface area contributed by atoms with Gasteiger partial charge in [0.25, 0.3) is 0 Å². The van der Waals surface area contributed by atoms with Crippen LogP contribution in [0.5, 0.6) is 0 Å². The lowest BCUT2D eigenvalue weighted by Crippen LogP contribution is -2.31. The van der Waals surface area contributed by atoms with E-state index in [0.717, 1.165) is 31.6 Å². The van der Waals surface area contributed by atoms with Crippen molar-refractivity contribution < 1.29 is 5.11 Å². The Labute approximate surface area is 118 Å². The third kappa shape index (κ3) is 5.75. The van der Waals surface area contributed by atoms with Gasteiger partial charge in [0, 0.05) is 13.1 Å². The second-order valence-corrected chi connectivity index (χ2v) is 5.75. The molecule has 0 aliphatic carbocycles. The molecule has 0 radical (unpaired) electrons. The standard InChI is InChI=1S/C17H29NO/c1-5-7-15-8-10-16(11-9-15)17(19)13-18(6-2)12-14(3)4/h8-11,14,17,19H,5-7,12-13H2,1-4H3. The third-order valence-corrected chi connectivity index (χ3v) is 3.40. The predicted molar refractivity (Wildman–Crippen MR) is 82.3 cm³/mol. The minimum Gasteiger partial charge on any atom is -0.387 e. The Morgan fingerprint density at radius 1 is 1.05 bits per heavy atom. The second-order valence-electron chi connectivity index (χ2n) is 5.75. The molecule has 1 atom stereocenters. The van der Waals surface area contributed by atoms with Gasteiger partial charge in [0.05, 0.1) is 6.10 Å². The smallest absolute Gasteiger partial charge is 0.0916 e. The van der Waals surface area contributed by atoms with E-state index >= 15 is 0 Å². The highest BCUT2D eigenvalue weighted by Crippen LogP contribution is 2.16. The van der Waals surface area contributed by atoms with Gasteiger partial charge in [-0.25, -0.2) is 0 Å². The van der Waals surface area contributed by atoms with E-state index in [0.29, 0.717) is 5.92 Å². The van der Waals surface area contributed by atoms with Gasteiger partial charge in [-0.3, -0.25) is 0 Å². The first-order valence-electron chi connectivity index (χ1n) is 7.56. The average molecular weight is 263 g/mol. The molecule has 0 bridgehead atoms. The largest absolute Gasteiger partial charge is 0.387 e. The third-order valence-electron chi connectivity index (χ3n) is 3.40. The number of rotatable bonds is 8. The fourth-order valence-electron chi connectivity index (χ4n) is 2.39. The summed E-state index contributed by atoms with van der Waals surface area (Å²) in [6.45, 7) is 11.5. The fourth-order valence-corrected chi connectivity index (χ4v) is 2.39. The van der Waals surface area contributed by atoms with Gasteiger partial charge in [-0.15, -0.1) is 0 Å². The molecule has 2 heteroatoms. The Morgan fingerprint density at radius 3 is 2.16 bits per heavy atom. The van der Waals surface area contributed by atoms with Crippen molar-refractivity contribution in [2.24, 2.45) is 5.92 Å². The molecule has 1 aromatic carbocycles. The molecule has 0 spiro atoms. The van der Waals surface area contributed by atoms with Crippen LogP contribution in [0.25, 0.3) is 0 Å². The van der Waals surface area contributed by atoms with Crippen LogP contribution in [0, 0.1) is 5.92 Å². The Balaban J connectivity index is 2.58. The zero-order chi connectivity index (χ0) is 14.3. The summed E-state index contributed by atoms with van der Waals surface area (Å²) >= 11 is 0. The van der Waals surface area contributed by atoms with E-state index in [4.69, 9.17) is 0 Å². The first-order chi connectivity index (χ1) is 9.06. The van der Waals surface area contributed by atoms with E-state index in [1.807, 2.05) is 0 Å². The van der Waals surface area contributed by atoms with Crippen LogP contribution in [0.2, 0.25) is 0 Å². The molecule has 1 aromatic rings. The Hall–Kier alpha value is -0.860. The molecule has 1 rings (SSSR count). The number of nitrogens with zero attached hydrogens (tertiary/aromatic N) is 1. The lowest BCUT2D eigenvalue weighted by Gasteiger charge is -2.25. The second kappa shape index (κ2) is 8.34. The predicted octanol–water partition coefficient (Wildman–Crippen LogP) is 3.65. The maximum atomic E-state index is 10.3. The van der Waals surface area contributed by atoms with Gasteiger partial charge in [0.15, 0.2) is 0 Å². The van der Waals surface area contributed by atoms with Crippen molar-refractivity contribution in [3.63, 3.8) is 0 Å². The van der Waals surface area contributed by atoms with Crippen LogP contribution < -0.4 is 0 Å². The zero-order valence-electron chi connectivity index (χ0n) is 12.9. The van der Waals surface area contributed by atoms with Gasteiger partial charge < -0.3 is 10.0 Å². The number of aryl methyl sites for hydroxylation is 1. The summed E-state index contributed by atoms with van der Waals surface area (Å²) in [6, 6.07) is 8.42. The van der Waals surface area contributed by atoms with Crippen molar-refractivity contribution in [1.29, 1.82) is 0 Å². The molecule has 0 saturated carbocycles. The molecule has 1 unspecified atom stereocenters. The summed E-state index contributed by atoms with van der Waals surface area (Å²) in [6.07, 6.45) is 1.90. The monoisotopic (exact) mass is 263 g/mol. The van der Waals surface area contributed by atoms with Gasteiger partial charge in [-0.1, -0.05) is 58.4 Å². The van der Waals surface area contributed by atoms with Crippen LogP contribution >= 0.6 is 0 Å². The van der Waals surface area contributed by atoms with Crippen molar-refractivity contribution in [2.75, 3.05) is 19.6 Å². The van der Waals surface area contributed by atoms with Crippen LogP contribution in [-0.4, -0.2) is 29.6 Å². The summed E-state index contributed by atoms with van der Waals surface area (Å²) in [5.74, 6) is 0.638. The SMILES string of the molecule is CCCc1ccc(C(O)CN(CC)CC(C)C)cc1. The molecule has 0 saturated heterocycles. The molecule has 1 N–H and O–H groups in total. The lowest BCUT2D eigenvalue weighted by molar-refractivity contribution is 0.109. The van der Waals surface area contributed by atoms with E-state index < -0.39 is 0 Å². The minimum absolute atomic E-state index is 0.380. The number of hydrogen-bond acceptors (Lipinski definition) is 2. The summed E-state index contributed by atoms with van der Waals surface area (Å²) in [7, 11) is 0. The van der Waals surface area contributed by atoms with Crippen molar-refractivity contribution in [1.82, 2.24) is 4.90 Å². The molecular weight excluding hydrogens is 234 g/mol. The molecule has 108 valence electrons. The highest BCUT2D eigenvalue weighted by atomic mass is 16.3. The van der Waals surface area contributed by atoms with E-state index in [9.17, 15) is 5.11 Å². The molecule has 0 fully saturated rings. The van der Waals surface area contributed by atoms with Crippen molar-refractivity contribution in [2.45, 2.75) is 46.6 Å². The van der Waals surface area contributed by atoms with Crippen LogP contribution in [0.4, 0.5) is 0 Å². The van der Waals surface area contributed by atoms with Gasteiger partial charge in [-0.05, 0) is 30.0 Å². The maximum absolute atomic E-state index is 10.3. The summed E-state index contributed by atoms with van der Waals surface area (Å²) in [5, 5.41) is 10.3. The Bertz CT molecular complexity index is 345. The van der Waals surface area contributed by atoms with Gasteiger partial charge in [0.1, 0.15) is 0 Å². The van der Waals surface area contributed by atoms with E-state index in [1.165, 1.54) is 12.0 Å². The molecule has 0 amide bonds. The molecule has 19 heavy (non-hydrogen) atoms. The maximum Gasteiger partial charge on any atom is 0.0916 e. The highest BCUT2D eigenvalue weighted by molar-refractivity contribution is 5.24. The number of aliphatic hydroxyl groups is 1. The number of hydrogen-bond donors (Lipinski definition) is 1.